The van der Waals surface area contributed by atoms with Crippen LogP contribution in [0.3, 0.4) is 0 Å². The summed E-state index contributed by atoms with van der Waals surface area (Å²) in [6.45, 7) is 3.99. The molecule has 1 saturated carbocycles. The zero-order valence-electron chi connectivity index (χ0n) is 40.0. The number of phosphoric acid groups is 1. The molecule has 0 heterocycles. The Morgan fingerprint density at radius 2 is 1.32 bits per heavy atom. The highest BCUT2D eigenvalue weighted by Crippen LogP contribution is 2.43. The number of hydrogen-bond acceptors (Lipinski definition) is 10. The lowest BCUT2D eigenvalue weighted by molar-refractivity contribution is -0.870. The maximum Gasteiger partial charge on any atom is 0.472 e. The third kappa shape index (κ3) is 33.7. The first-order valence-corrected chi connectivity index (χ1v) is 26.0. The van der Waals surface area contributed by atoms with Crippen LogP contribution in [-0.2, 0) is 37.5 Å². The fourth-order valence-corrected chi connectivity index (χ4v) is 8.00. The van der Waals surface area contributed by atoms with Gasteiger partial charge in [0, 0.05) is 31.1 Å². The predicted molar refractivity (Wildman–Crippen MR) is 253 cm³/mol. The normalized spacial score (nSPS) is 19.2. The fraction of sp³-hybridized carbons (Fsp3) is 0.780. The van der Waals surface area contributed by atoms with E-state index in [-0.39, 0.29) is 44.2 Å². The average molecular weight is 911 g/mol. The number of aliphatic hydroxyl groups is 2. The minimum atomic E-state index is -4.45. The minimum absolute atomic E-state index is 0.0132. The van der Waals surface area contributed by atoms with Crippen LogP contribution in [0.25, 0.3) is 0 Å². The smallest absolute Gasteiger partial charge is 0.462 e. The van der Waals surface area contributed by atoms with Gasteiger partial charge >= 0.3 is 19.8 Å². The molecule has 0 aromatic heterocycles. The quantitative estimate of drug-likeness (QED) is 0.0176. The van der Waals surface area contributed by atoms with E-state index in [2.05, 4.69) is 38.2 Å². The van der Waals surface area contributed by atoms with Gasteiger partial charge in [-0.3, -0.25) is 23.4 Å². The topological polar surface area (TPSA) is 166 Å². The van der Waals surface area contributed by atoms with E-state index in [0.29, 0.717) is 43.1 Å². The Balaban J connectivity index is 2.44. The van der Waals surface area contributed by atoms with Crippen LogP contribution >= 0.6 is 7.82 Å². The average Bonchev–Trinajstić information content (AvgIpc) is 3.50. The van der Waals surface area contributed by atoms with Crippen molar-refractivity contribution in [1.29, 1.82) is 0 Å². The molecule has 0 aromatic rings. The number of unbranched alkanes of at least 4 members (excludes halogenated alkanes) is 15. The third-order valence-electron chi connectivity index (χ3n) is 11.2. The first kappa shape index (κ1) is 58.6. The molecule has 0 aliphatic heterocycles. The highest BCUT2D eigenvalue weighted by Gasteiger charge is 2.39. The molecule has 6 atom stereocenters. The van der Waals surface area contributed by atoms with Crippen molar-refractivity contribution in [2.75, 3.05) is 47.5 Å². The summed E-state index contributed by atoms with van der Waals surface area (Å²) in [6.07, 6.45) is 36.6. The summed E-state index contributed by atoms with van der Waals surface area (Å²) in [7, 11) is 1.32. The standard InChI is InChI=1S/C50H88NO11P/c1-6-8-10-11-12-13-14-15-16-17-18-19-20-21-22-23-24-25-31-35-50(56)62-44(42-61-63(57,58)60-39-38-51(3,4)5)41-59-49(55)34-30-27-26-29-33-45-46(48(54)40-47(45)53)37-36-43(52)32-28-9-7-2/h12-13,15-16,26,29,36-37,43-47,52-53H,6-11,14,17-25,27-28,30-35,38-42H2,1-5H3/p+1/b13-12-,16-15-,29-26-,37-36+/t43-,44+,45+,46+,47-/m0/s1. The lowest BCUT2D eigenvalue weighted by Gasteiger charge is -2.24. The van der Waals surface area contributed by atoms with Crippen LogP contribution in [0.1, 0.15) is 174 Å². The molecular weight excluding hydrogens is 822 g/mol. The number of ketones is 1. The molecule has 0 amide bonds. The van der Waals surface area contributed by atoms with Gasteiger partial charge in [-0.25, -0.2) is 4.57 Å². The van der Waals surface area contributed by atoms with Crippen LogP contribution in [-0.4, -0.2) is 103 Å². The van der Waals surface area contributed by atoms with Crippen molar-refractivity contribution in [3.8, 4) is 0 Å². The molecule has 0 spiro atoms. The SMILES string of the molecule is CCCCC/C=C\C/C=C\CCCCCCCCCCCC(=O)O[C@H](COC(=O)CCC/C=C\C[C@H]1[C@@H](O)CC(=O)[C@@H]1/C=C/[C@@H](O)CCCCC)COP(=O)(O)OCC[N+](C)(C)C. The molecule has 1 aliphatic carbocycles. The second kappa shape index (κ2) is 36.7. The number of rotatable bonds is 40. The van der Waals surface area contributed by atoms with Gasteiger partial charge in [-0.15, -0.1) is 0 Å². The van der Waals surface area contributed by atoms with Crippen LogP contribution in [0.15, 0.2) is 48.6 Å². The maximum absolute atomic E-state index is 12.8. The Labute approximate surface area is 382 Å². The number of allylic oxidation sites excluding steroid dienone is 7. The number of carbonyl (C=O) groups excluding carboxylic acids is 3. The molecule has 1 unspecified atom stereocenters. The van der Waals surface area contributed by atoms with Crippen LogP contribution in [0, 0.1) is 11.8 Å². The summed E-state index contributed by atoms with van der Waals surface area (Å²) in [5.74, 6) is -1.73. The first-order chi connectivity index (χ1) is 30.2. The molecule has 13 heteroatoms. The Kier molecular flexibility index (Phi) is 34.2. The third-order valence-corrected chi connectivity index (χ3v) is 12.2. The van der Waals surface area contributed by atoms with Crippen molar-refractivity contribution in [2.24, 2.45) is 11.8 Å². The number of hydrogen-bond donors (Lipinski definition) is 3. The molecule has 0 aromatic carbocycles. The number of esters is 2. The predicted octanol–water partition coefficient (Wildman–Crippen LogP) is 10.8. The lowest BCUT2D eigenvalue weighted by Crippen LogP contribution is -2.37. The molecule has 1 rings (SSSR count). The zero-order valence-corrected chi connectivity index (χ0v) is 40.9. The minimum Gasteiger partial charge on any atom is -0.462 e. The van der Waals surface area contributed by atoms with Gasteiger partial charge < -0.3 is 29.1 Å². The molecule has 0 bridgehead atoms. The van der Waals surface area contributed by atoms with E-state index in [1.54, 1.807) is 12.2 Å². The zero-order chi connectivity index (χ0) is 46.6. The highest BCUT2D eigenvalue weighted by atomic mass is 31.2. The summed E-state index contributed by atoms with van der Waals surface area (Å²) in [5, 5.41) is 20.8. The van der Waals surface area contributed by atoms with Crippen molar-refractivity contribution in [3.05, 3.63) is 48.6 Å². The second-order valence-corrected chi connectivity index (χ2v) is 19.7. The van der Waals surface area contributed by atoms with Gasteiger partial charge in [-0.2, -0.15) is 0 Å². The maximum atomic E-state index is 12.8. The number of carbonyl (C=O) groups is 3. The molecule has 0 saturated heterocycles. The molecule has 0 radical (unpaired) electrons. The fourth-order valence-electron chi connectivity index (χ4n) is 7.26. The van der Waals surface area contributed by atoms with E-state index in [9.17, 15) is 34.1 Å². The van der Waals surface area contributed by atoms with Gasteiger partial charge in [0.15, 0.2) is 6.10 Å². The Bertz CT molecular complexity index is 1370. The number of ether oxygens (including phenoxy) is 2. The van der Waals surface area contributed by atoms with Crippen molar-refractivity contribution < 1.29 is 57.1 Å². The van der Waals surface area contributed by atoms with Gasteiger partial charge in [-0.05, 0) is 64.2 Å². The van der Waals surface area contributed by atoms with Gasteiger partial charge in [0.05, 0.1) is 40.0 Å². The monoisotopic (exact) mass is 911 g/mol. The van der Waals surface area contributed by atoms with Gasteiger partial charge in [0.1, 0.15) is 25.5 Å². The molecule has 1 aliphatic rings. The molecule has 364 valence electrons. The van der Waals surface area contributed by atoms with Gasteiger partial charge in [-0.1, -0.05) is 140 Å². The number of aliphatic hydroxyl groups excluding tert-OH is 2. The molecule has 1 fully saturated rings. The molecule has 12 nitrogen and oxygen atoms in total. The second-order valence-electron chi connectivity index (χ2n) is 18.3. The van der Waals surface area contributed by atoms with E-state index >= 15 is 0 Å². The van der Waals surface area contributed by atoms with Crippen LogP contribution < -0.4 is 0 Å². The van der Waals surface area contributed by atoms with Crippen molar-refractivity contribution in [2.45, 2.75) is 193 Å². The van der Waals surface area contributed by atoms with E-state index in [0.717, 1.165) is 51.4 Å². The van der Waals surface area contributed by atoms with Crippen LogP contribution in [0.2, 0.25) is 0 Å². The van der Waals surface area contributed by atoms with Crippen molar-refractivity contribution in [3.63, 3.8) is 0 Å². The van der Waals surface area contributed by atoms with E-state index in [1.165, 1.54) is 57.8 Å². The number of Topliss-reactive ketones (excluding diaryl/α,β-unsaturated/α-hetero) is 1. The highest BCUT2D eigenvalue weighted by molar-refractivity contribution is 7.47. The lowest BCUT2D eigenvalue weighted by atomic mass is 9.90. The molecule has 3 N–H and O–H groups in total. The Hall–Kier alpha value is -2.44. The van der Waals surface area contributed by atoms with E-state index in [1.807, 2.05) is 33.3 Å². The van der Waals surface area contributed by atoms with Crippen molar-refractivity contribution >= 4 is 25.5 Å². The van der Waals surface area contributed by atoms with Crippen LogP contribution in [0.5, 0.6) is 0 Å². The first-order valence-electron chi connectivity index (χ1n) is 24.5. The largest absolute Gasteiger partial charge is 0.472 e. The van der Waals surface area contributed by atoms with Crippen molar-refractivity contribution in [1.82, 2.24) is 0 Å². The van der Waals surface area contributed by atoms with E-state index < -0.39 is 50.6 Å². The summed E-state index contributed by atoms with van der Waals surface area (Å²) >= 11 is 0. The molecule has 63 heavy (non-hydrogen) atoms. The summed E-state index contributed by atoms with van der Waals surface area (Å²) in [4.78, 5) is 48.2. The number of phosphoric ester groups is 1. The Morgan fingerprint density at radius 3 is 1.97 bits per heavy atom. The number of quaternary nitrogens is 1. The van der Waals surface area contributed by atoms with Crippen LogP contribution in [0.4, 0.5) is 0 Å². The number of nitrogens with zero attached hydrogens (tertiary/aromatic N) is 1. The summed E-state index contributed by atoms with van der Waals surface area (Å²) < 4.78 is 34.3. The summed E-state index contributed by atoms with van der Waals surface area (Å²) in [6, 6.07) is 0. The Morgan fingerprint density at radius 1 is 0.746 bits per heavy atom. The van der Waals surface area contributed by atoms with E-state index in [4.69, 9.17) is 18.5 Å². The van der Waals surface area contributed by atoms with Gasteiger partial charge in [0.25, 0.3) is 0 Å². The number of likely N-dealkylation sites (N-methyl/N-ethyl adjacent to an activating group) is 1. The summed E-state index contributed by atoms with van der Waals surface area (Å²) in [5.41, 5.74) is 0. The molecular formula is C50H89NO11P+. The van der Waals surface area contributed by atoms with Gasteiger partial charge in [0.2, 0.25) is 0 Å².